The molecular formula is C9H13Cl2F3N2O. The zero-order valence-corrected chi connectivity index (χ0v) is 10.6. The number of nitrogens with two attached hydrogens (primary N) is 1. The third-order valence-corrected chi connectivity index (χ3v) is 1.70. The molecule has 0 aromatic carbocycles. The Bertz CT molecular complexity index is 348. The van der Waals surface area contributed by atoms with Gasteiger partial charge in [0.05, 0.1) is 0 Å². The van der Waals surface area contributed by atoms with Crippen molar-refractivity contribution in [2.45, 2.75) is 19.6 Å². The average Bonchev–Trinajstić information content (AvgIpc) is 2.14. The lowest BCUT2D eigenvalue weighted by molar-refractivity contribution is -0.154. The molecule has 0 saturated carbocycles. The average molecular weight is 293 g/mol. The van der Waals surface area contributed by atoms with E-state index in [9.17, 15) is 13.2 Å². The van der Waals surface area contributed by atoms with Crippen molar-refractivity contribution in [2.24, 2.45) is 5.73 Å². The van der Waals surface area contributed by atoms with Gasteiger partial charge in [0.1, 0.15) is 0 Å². The van der Waals surface area contributed by atoms with Gasteiger partial charge in [-0.25, -0.2) is 4.98 Å². The second kappa shape index (κ2) is 7.58. The number of aromatic nitrogens is 1. The molecule has 1 heterocycles. The first-order valence-electron chi connectivity index (χ1n) is 4.27. The molecule has 1 aromatic rings. The molecule has 3 nitrogen and oxygen atoms in total. The van der Waals surface area contributed by atoms with Crippen molar-refractivity contribution >= 4 is 24.8 Å². The van der Waals surface area contributed by atoms with Crippen molar-refractivity contribution in [1.82, 2.24) is 4.98 Å². The topological polar surface area (TPSA) is 48.1 Å². The Morgan fingerprint density at radius 3 is 2.35 bits per heavy atom. The first-order valence-corrected chi connectivity index (χ1v) is 4.27. The number of hydrogen-bond donors (Lipinski definition) is 1. The Hall–Kier alpha value is -0.720. The number of hydrogen-bond acceptors (Lipinski definition) is 3. The zero-order valence-electron chi connectivity index (χ0n) is 8.95. The highest BCUT2D eigenvalue weighted by atomic mass is 35.5. The van der Waals surface area contributed by atoms with Gasteiger partial charge in [-0.1, -0.05) is 0 Å². The third kappa shape index (κ3) is 6.55. The van der Waals surface area contributed by atoms with Crippen LogP contribution in [0, 0.1) is 6.92 Å². The van der Waals surface area contributed by atoms with Gasteiger partial charge in [-0.2, -0.15) is 13.2 Å². The van der Waals surface area contributed by atoms with Gasteiger partial charge >= 0.3 is 6.18 Å². The van der Waals surface area contributed by atoms with Crippen molar-refractivity contribution in [3.63, 3.8) is 0 Å². The molecule has 0 bridgehead atoms. The van der Waals surface area contributed by atoms with Crippen LogP contribution in [0.1, 0.15) is 11.1 Å². The van der Waals surface area contributed by atoms with Crippen LogP contribution in [0.4, 0.5) is 13.2 Å². The van der Waals surface area contributed by atoms with Gasteiger partial charge in [-0.05, 0) is 18.6 Å². The van der Waals surface area contributed by atoms with Crippen LogP contribution in [-0.2, 0) is 6.54 Å². The maximum Gasteiger partial charge on any atom is 0.422 e. The monoisotopic (exact) mass is 292 g/mol. The van der Waals surface area contributed by atoms with Gasteiger partial charge < -0.3 is 10.5 Å². The van der Waals surface area contributed by atoms with Crippen LogP contribution in [-0.4, -0.2) is 17.8 Å². The number of pyridine rings is 1. The zero-order chi connectivity index (χ0) is 11.5. The summed E-state index contributed by atoms with van der Waals surface area (Å²) in [7, 11) is 0. The summed E-state index contributed by atoms with van der Waals surface area (Å²) < 4.78 is 40.1. The quantitative estimate of drug-likeness (QED) is 0.932. The van der Waals surface area contributed by atoms with Gasteiger partial charge in [0.15, 0.2) is 6.61 Å². The fourth-order valence-electron chi connectivity index (χ4n) is 1.03. The van der Waals surface area contributed by atoms with E-state index in [1.807, 2.05) is 0 Å². The predicted molar refractivity (Wildman–Crippen MR) is 62.9 cm³/mol. The Kier molecular flexibility index (Phi) is 8.31. The van der Waals surface area contributed by atoms with Crippen molar-refractivity contribution in [3.05, 3.63) is 23.4 Å². The summed E-state index contributed by atoms with van der Waals surface area (Å²) in [6.07, 6.45) is -2.95. The van der Waals surface area contributed by atoms with Crippen LogP contribution in [0.15, 0.2) is 12.3 Å². The summed E-state index contributed by atoms with van der Waals surface area (Å²) in [5, 5.41) is 0. The third-order valence-electron chi connectivity index (χ3n) is 1.70. The molecule has 0 saturated heterocycles. The number of alkyl halides is 3. The lowest BCUT2D eigenvalue weighted by Gasteiger charge is -2.10. The first-order chi connectivity index (χ1) is 6.92. The van der Waals surface area contributed by atoms with Gasteiger partial charge in [0.2, 0.25) is 5.88 Å². The molecule has 0 aliphatic heterocycles. The molecule has 0 spiro atoms. The molecule has 2 N–H and O–H groups in total. The van der Waals surface area contributed by atoms with Crippen molar-refractivity contribution < 1.29 is 17.9 Å². The van der Waals surface area contributed by atoms with Crippen LogP contribution in [0.25, 0.3) is 0 Å². The Balaban J connectivity index is 0. The highest BCUT2D eigenvalue weighted by Gasteiger charge is 2.28. The normalized spacial score (nSPS) is 10.2. The fourth-order valence-corrected chi connectivity index (χ4v) is 1.03. The fraction of sp³-hybridized carbons (Fsp3) is 0.444. The molecule has 1 aromatic heterocycles. The minimum Gasteiger partial charge on any atom is -0.468 e. The predicted octanol–water partition coefficient (Wildman–Crippen LogP) is 2.63. The maximum absolute atomic E-state index is 11.8. The Morgan fingerprint density at radius 1 is 1.35 bits per heavy atom. The molecule has 100 valence electrons. The van der Waals surface area contributed by atoms with Crippen molar-refractivity contribution in [3.8, 4) is 5.88 Å². The van der Waals surface area contributed by atoms with E-state index < -0.39 is 12.8 Å². The van der Waals surface area contributed by atoms with Crippen LogP contribution in [0.3, 0.4) is 0 Å². The van der Waals surface area contributed by atoms with Gasteiger partial charge in [-0.15, -0.1) is 24.8 Å². The number of rotatable bonds is 3. The van der Waals surface area contributed by atoms with E-state index >= 15 is 0 Å². The summed E-state index contributed by atoms with van der Waals surface area (Å²) in [5.41, 5.74) is 6.65. The Morgan fingerprint density at radius 2 is 1.94 bits per heavy atom. The standard InChI is InChI=1S/C9H11F3N2O.2ClH/c1-6-2-7(3-13)4-14-8(6)15-5-9(10,11)12;;/h2,4H,3,5,13H2,1H3;2*1H. The summed E-state index contributed by atoms with van der Waals surface area (Å²) in [5.74, 6) is -0.00970. The molecule has 0 amide bonds. The van der Waals surface area contributed by atoms with E-state index in [0.29, 0.717) is 12.1 Å². The molecule has 0 fully saturated rings. The number of aryl methyl sites for hydroxylation is 1. The van der Waals surface area contributed by atoms with Crippen molar-refractivity contribution in [2.75, 3.05) is 6.61 Å². The van der Waals surface area contributed by atoms with E-state index in [-0.39, 0.29) is 30.7 Å². The SMILES string of the molecule is Cc1cc(CN)cnc1OCC(F)(F)F.Cl.Cl. The minimum atomic E-state index is -4.35. The van der Waals surface area contributed by atoms with E-state index in [0.717, 1.165) is 5.56 Å². The highest BCUT2D eigenvalue weighted by Crippen LogP contribution is 2.20. The number of halogens is 5. The van der Waals surface area contributed by atoms with Crippen LogP contribution in [0.2, 0.25) is 0 Å². The van der Waals surface area contributed by atoms with Crippen molar-refractivity contribution in [1.29, 1.82) is 0 Å². The van der Waals surface area contributed by atoms with E-state index in [1.165, 1.54) is 6.20 Å². The summed E-state index contributed by atoms with van der Waals surface area (Å²) in [6, 6.07) is 1.65. The molecule has 0 radical (unpaired) electrons. The molecule has 0 atom stereocenters. The molecular weight excluding hydrogens is 280 g/mol. The molecule has 8 heteroatoms. The molecule has 0 unspecified atom stereocenters. The highest BCUT2D eigenvalue weighted by molar-refractivity contribution is 5.85. The smallest absolute Gasteiger partial charge is 0.422 e. The summed E-state index contributed by atoms with van der Waals surface area (Å²) in [6.45, 7) is 0.591. The number of ether oxygens (including phenoxy) is 1. The van der Waals surface area contributed by atoms with Gasteiger partial charge in [0, 0.05) is 18.3 Å². The van der Waals surface area contributed by atoms with Gasteiger partial charge in [0.25, 0.3) is 0 Å². The van der Waals surface area contributed by atoms with Crippen LogP contribution < -0.4 is 10.5 Å². The number of nitrogens with zero attached hydrogens (tertiary/aromatic N) is 1. The molecule has 0 aliphatic rings. The Labute approximate surface area is 109 Å². The largest absolute Gasteiger partial charge is 0.468 e. The van der Waals surface area contributed by atoms with Gasteiger partial charge in [-0.3, -0.25) is 0 Å². The van der Waals surface area contributed by atoms with Crippen LogP contribution in [0.5, 0.6) is 5.88 Å². The minimum absolute atomic E-state index is 0. The molecule has 17 heavy (non-hydrogen) atoms. The summed E-state index contributed by atoms with van der Waals surface area (Å²) >= 11 is 0. The second-order valence-electron chi connectivity index (χ2n) is 3.07. The molecule has 1 rings (SSSR count). The molecule has 0 aliphatic carbocycles. The lowest BCUT2D eigenvalue weighted by atomic mass is 10.2. The van der Waals surface area contributed by atoms with E-state index in [2.05, 4.69) is 9.72 Å². The second-order valence-corrected chi connectivity index (χ2v) is 3.07. The summed E-state index contributed by atoms with van der Waals surface area (Å²) in [4.78, 5) is 3.75. The van der Waals surface area contributed by atoms with Crippen LogP contribution >= 0.6 is 24.8 Å². The maximum atomic E-state index is 11.8. The first kappa shape index (κ1) is 18.6. The van der Waals surface area contributed by atoms with E-state index in [1.54, 1.807) is 13.0 Å². The van der Waals surface area contributed by atoms with E-state index in [4.69, 9.17) is 5.73 Å². The lowest BCUT2D eigenvalue weighted by Crippen LogP contribution is -2.20.